The molecule has 0 saturated carbocycles. The summed E-state index contributed by atoms with van der Waals surface area (Å²) in [4.78, 5) is 28.3. The molecule has 6 nitrogen and oxygen atoms in total. The van der Waals surface area contributed by atoms with Crippen LogP contribution in [-0.2, 0) is 0 Å². The number of aromatic carboxylic acids is 1. The molecule has 0 atom stereocenters. The third kappa shape index (κ3) is 2.15. The van der Waals surface area contributed by atoms with Crippen LogP contribution < -0.4 is 5.56 Å². The molecular formula is C11H8N2O4. The van der Waals surface area contributed by atoms with E-state index in [0.29, 0.717) is 5.56 Å². The second-order valence-corrected chi connectivity index (χ2v) is 3.32. The second kappa shape index (κ2) is 4.09. The number of aromatic hydroxyl groups is 1. The average Bonchev–Trinajstić information content (AvgIpc) is 2.29. The minimum Gasteiger partial charge on any atom is -0.508 e. The fourth-order valence-electron chi connectivity index (χ4n) is 1.36. The summed E-state index contributed by atoms with van der Waals surface area (Å²) >= 11 is 0. The van der Waals surface area contributed by atoms with Crippen LogP contribution in [0.5, 0.6) is 5.75 Å². The van der Waals surface area contributed by atoms with Crippen molar-refractivity contribution < 1.29 is 15.0 Å². The Morgan fingerprint density at radius 3 is 2.76 bits per heavy atom. The van der Waals surface area contributed by atoms with Crippen LogP contribution in [-0.4, -0.2) is 26.2 Å². The van der Waals surface area contributed by atoms with Crippen molar-refractivity contribution in [3.05, 3.63) is 46.5 Å². The van der Waals surface area contributed by atoms with E-state index in [1.54, 1.807) is 12.1 Å². The van der Waals surface area contributed by atoms with E-state index in [4.69, 9.17) is 5.11 Å². The predicted molar refractivity (Wildman–Crippen MR) is 58.9 cm³/mol. The lowest BCUT2D eigenvalue weighted by molar-refractivity contribution is 0.0690. The Morgan fingerprint density at radius 2 is 2.12 bits per heavy atom. The zero-order valence-electron chi connectivity index (χ0n) is 8.54. The van der Waals surface area contributed by atoms with Crippen molar-refractivity contribution in [3.8, 4) is 17.0 Å². The fraction of sp³-hybridized carbons (Fsp3) is 0. The summed E-state index contributed by atoms with van der Waals surface area (Å²) in [6.45, 7) is 0. The van der Waals surface area contributed by atoms with Gasteiger partial charge < -0.3 is 15.2 Å². The van der Waals surface area contributed by atoms with Gasteiger partial charge >= 0.3 is 5.97 Å². The number of hydrogen-bond donors (Lipinski definition) is 3. The zero-order chi connectivity index (χ0) is 12.4. The van der Waals surface area contributed by atoms with Crippen molar-refractivity contribution in [2.75, 3.05) is 0 Å². The SMILES string of the molecule is O=C(O)c1c[nH]c(=O)c(-c2cccc(O)c2)n1. The Hall–Kier alpha value is -2.63. The van der Waals surface area contributed by atoms with Gasteiger partial charge in [0.25, 0.3) is 5.56 Å². The van der Waals surface area contributed by atoms with Gasteiger partial charge in [-0.1, -0.05) is 12.1 Å². The summed E-state index contributed by atoms with van der Waals surface area (Å²) < 4.78 is 0. The molecule has 6 heteroatoms. The number of carboxylic acids is 1. The van der Waals surface area contributed by atoms with E-state index in [1.165, 1.54) is 12.1 Å². The predicted octanol–water partition coefficient (Wildman–Crippen LogP) is 0.841. The molecule has 17 heavy (non-hydrogen) atoms. The first kappa shape index (κ1) is 10.9. The average molecular weight is 232 g/mol. The van der Waals surface area contributed by atoms with Crippen LogP contribution in [0.25, 0.3) is 11.3 Å². The number of nitrogens with one attached hydrogen (secondary N) is 1. The smallest absolute Gasteiger partial charge is 0.356 e. The number of aromatic nitrogens is 2. The number of phenols is 1. The molecule has 0 spiro atoms. The molecule has 0 fully saturated rings. The molecule has 0 saturated heterocycles. The van der Waals surface area contributed by atoms with Gasteiger partial charge in [-0.15, -0.1) is 0 Å². The Morgan fingerprint density at radius 1 is 1.35 bits per heavy atom. The highest BCUT2D eigenvalue weighted by Crippen LogP contribution is 2.18. The molecule has 1 aromatic carbocycles. The highest BCUT2D eigenvalue weighted by Gasteiger charge is 2.11. The zero-order valence-corrected chi connectivity index (χ0v) is 8.54. The van der Waals surface area contributed by atoms with Crippen LogP contribution in [0.4, 0.5) is 0 Å². The minimum atomic E-state index is -1.23. The van der Waals surface area contributed by atoms with Gasteiger partial charge in [-0.25, -0.2) is 9.78 Å². The maximum absolute atomic E-state index is 11.5. The largest absolute Gasteiger partial charge is 0.508 e. The van der Waals surface area contributed by atoms with Gasteiger partial charge in [0.15, 0.2) is 5.69 Å². The fourth-order valence-corrected chi connectivity index (χ4v) is 1.36. The molecule has 0 aliphatic carbocycles. The molecule has 0 amide bonds. The maximum Gasteiger partial charge on any atom is 0.356 e. The Balaban J connectivity index is 2.62. The van der Waals surface area contributed by atoms with E-state index in [0.717, 1.165) is 6.20 Å². The number of benzene rings is 1. The molecule has 0 radical (unpaired) electrons. The van der Waals surface area contributed by atoms with E-state index in [2.05, 4.69) is 9.97 Å². The van der Waals surface area contributed by atoms with Crippen molar-refractivity contribution in [1.29, 1.82) is 0 Å². The van der Waals surface area contributed by atoms with Crippen molar-refractivity contribution in [3.63, 3.8) is 0 Å². The van der Waals surface area contributed by atoms with Gasteiger partial charge in [0, 0.05) is 11.8 Å². The van der Waals surface area contributed by atoms with E-state index < -0.39 is 11.5 Å². The molecule has 2 rings (SSSR count). The molecule has 0 unspecified atom stereocenters. The van der Waals surface area contributed by atoms with Gasteiger partial charge in [-0.3, -0.25) is 4.79 Å². The van der Waals surface area contributed by atoms with Gasteiger partial charge in [0.2, 0.25) is 0 Å². The summed E-state index contributed by atoms with van der Waals surface area (Å²) in [5.41, 5.74) is -0.460. The number of H-pyrrole nitrogens is 1. The standard InChI is InChI=1S/C11H8N2O4/c14-7-3-1-2-6(4-7)9-10(15)12-5-8(13-9)11(16)17/h1-5,14H,(H,12,15)(H,16,17). The monoisotopic (exact) mass is 232 g/mol. The first-order valence-corrected chi connectivity index (χ1v) is 4.70. The second-order valence-electron chi connectivity index (χ2n) is 3.32. The highest BCUT2D eigenvalue weighted by molar-refractivity contribution is 5.85. The Bertz CT molecular complexity index is 633. The molecule has 2 aromatic rings. The summed E-state index contributed by atoms with van der Waals surface area (Å²) in [5, 5.41) is 18.1. The molecule has 1 aromatic heterocycles. The van der Waals surface area contributed by atoms with Gasteiger partial charge in [-0.2, -0.15) is 0 Å². The topological polar surface area (TPSA) is 103 Å². The van der Waals surface area contributed by atoms with Crippen LogP contribution in [0.2, 0.25) is 0 Å². The van der Waals surface area contributed by atoms with Crippen molar-refractivity contribution in [2.45, 2.75) is 0 Å². The number of carboxylic acid groups (broad SMARTS) is 1. The van der Waals surface area contributed by atoms with Crippen molar-refractivity contribution in [1.82, 2.24) is 9.97 Å². The Labute approximate surface area is 95.2 Å². The molecule has 0 bridgehead atoms. The molecule has 1 heterocycles. The van der Waals surface area contributed by atoms with Gasteiger partial charge in [0.1, 0.15) is 11.4 Å². The summed E-state index contributed by atoms with van der Waals surface area (Å²) in [6.07, 6.45) is 1.02. The minimum absolute atomic E-state index is 0.0237. The number of rotatable bonds is 2. The van der Waals surface area contributed by atoms with Crippen LogP contribution in [0.15, 0.2) is 35.3 Å². The number of carbonyl (C=O) groups is 1. The quantitative estimate of drug-likeness (QED) is 0.711. The van der Waals surface area contributed by atoms with Crippen molar-refractivity contribution in [2.24, 2.45) is 0 Å². The lowest BCUT2D eigenvalue weighted by Crippen LogP contribution is -2.14. The van der Waals surface area contributed by atoms with E-state index in [-0.39, 0.29) is 17.1 Å². The van der Waals surface area contributed by atoms with Crippen LogP contribution in [0.3, 0.4) is 0 Å². The first-order chi connectivity index (χ1) is 8.08. The number of nitrogens with zero attached hydrogens (tertiary/aromatic N) is 1. The van der Waals surface area contributed by atoms with Gasteiger partial charge in [0.05, 0.1) is 0 Å². The van der Waals surface area contributed by atoms with Crippen LogP contribution in [0, 0.1) is 0 Å². The van der Waals surface area contributed by atoms with E-state index in [9.17, 15) is 14.7 Å². The summed E-state index contributed by atoms with van der Waals surface area (Å²) in [7, 11) is 0. The van der Waals surface area contributed by atoms with Crippen LogP contribution in [0.1, 0.15) is 10.5 Å². The van der Waals surface area contributed by atoms with Crippen LogP contribution >= 0.6 is 0 Å². The third-order valence-electron chi connectivity index (χ3n) is 2.13. The number of aromatic amines is 1. The lowest BCUT2D eigenvalue weighted by Gasteiger charge is -2.01. The summed E-state index contributed by atoms with van der Waals surface area (Å²) in [5.74, 6) is -1.26. The van der Waals surface area contributed by atoms with Crippen molar-refractivity contribution >= 4 is 5.97 Å². The molecule has 86 valence electrons. The normalized spacial score (nSPS) is 10.1. The maximum atomic E-state index is 11.5. The van der Waals surface area contributed by atoms with Gasteiger partial charge in [-0.05, 0) is 12.1 Å². The Kier molecular flexibility index (Phi) is 2.61. The lowest BCUT2D eigenvalue weighted by atomic mass is 10.1. The van der Waals surface area contributed by atoms with E-state index >= 15 is 0 Å². The number of hydrogen-bond acceptors (Lipinski definition) is 4. The summed E-state index contributed by atoms with van der Waals surface area (Å²) in [6, 6.07) is 5.88. The molecule has 0 aliphatic heterocycles. The first-order valence-electron chi connectivity index (χ1n) is 4.70. The third-order valence-corrected chi connectivity index (χ3v) is 2.13. The molecule has 0 aliphatic rings. The molecule has 3 N–H and O–H groups in total. The highest BCUT2D eigenvalue weighted by atomic mass is 16.4. The van der Waals surface area contributed by atoms with E-state index in [1.807, 2.05) is 0 Å². The molecular weight excluding hydrogens is 224 g/mol. The number of phenolic OH excluding ortho intramolecular Hbond substituents is 1.